The van der Waals surface area contributed by atoms with E-state index < -0.39 is 0 Å². The highest BCUT2D eigenvalue weighted by Crippen LogP contribution is 2.25. The lowest BCUT2D eigenvalue weighted by Crippen LogP contribution is -2.13. The highest BCUT2D eigenvalue weighted by Gasteiger charge is 2.17. The van der Waals surface area contributed by atoms with Gasteiger partial charge in [-0.05, 0) is 37.5 Å². The summed E-state index contributed by atoms with van der Waals surface area (Å²) in [4.78, 5) is 0. The maximum Gasteiger partial charge on any atom is 0.149 e. The van der Waals surface area contributed by atoms with E-state index in [1.165, 1.54) is 6.07 Å². The number of halogens is 1. The van der Waals surface area contributed by atoms with E-state index in [4.69, 9.17) is 5.73 Å². The lowest BCUT2D eigenvalue weighted by molar-refractivity contribution is 0.597. The van der Waals surface area contributed by atoms with Gasteiger partial charge in [0.05, 0.1) is 5.69 Å². The third-order valence-electron chi connectivity index (χ3n) is 3.28. The average Bonchev–Trinajstić information content (AvgIpc) is 2.81. The second-order valence-corrected chi connectivity index (χ2v) is 4.71. The molecular formula is C15H20FN3. The Kier molecular flexibility index (Phi) is 4.00. The van der Waals surface area contributed by atoms with Gasteiger partial charge in [-0.15, -0.1) is 0 Å². The summed E-state index contributed by atoms with van der Waals surface area (Å²) in [5.41, 5.74) is 9.17. The van der Waals surface area contributed by atoms with Gasteiger partial charge in [-0.25, -0.2) is 9.07 Å². The maximum absolute atomic E-state index is 14.2. The molecule has 0 bridgehead atoms. The molecule has 0 fully saturated rings. The van der Waals surface area contributed by atoms with Gasteiger partial charge in [0.15, 0.2) is 0 Å². The smallest absolute Gasteiger partial charge is 0.149 e. The Labute approximate surface area is 113 Å². The molecule has 1 atom stereocenters. The molecule has 2 N–H and O–H groups in total. The first kappa shape index (κ1) is 13.7. The number of benzene rings is 1. The lowest BCUT2D eigenvalue weighted by Gasteiger charge is -2.15. The van der Waals surface area contributed by atoms with Crippen LogP contribution in [0.2, 0.25) is 0 Å². The van der Waals surface area contributed by atoms with Crippen molar-refractivity contribution in [2.45, 2.75) is 39.7 Å². The second-order valence-electron chi connectivity index (χ2n) is 4.71. The minimum atomic E-state index is -0.282. The summed E-state index contributed by atoms with van der Waals surface area (Å²) in [7, 11) is 0. The summed E-state index contributed by atoms with van der Waals surface area (Å²) in [6.45, 7) is 5.94. The highest BCUT2D eigenvalue weighted by atomic mass is 19.1. The van der Waals surface area contributed by atoms with Crippen molar-refractivity contribution in [3.05, 3.63) is 47.0 Å². The molecule has 0 saturated heterocycles. The summed E-state index contributed by atoms with van der Waals surface area (Å²) < 4.78 is 15.9. The number of rotatable bonds is 4. The Hall–Kier alpha value is -1.68. The van der Waals surface area contributed by atoms with Gasteiger partial charge in [0.25, 0.3) is 0 Å². The fourth-order valence-electron chi connectivity index (χ4n) is 2.22. The van der Waals surface area contributed by atoms with Crippen molar-refractivity contribution in [2.24, 2.45) is 5.73 Å². The van der Waals surface area contributed by atoms with E-state index >= 15 is 0 Å². The molecule has 3 nitrogen and oxygen atoms in total. The molecule has 19 heavy (non-hydrogen) atoms. The first-order chi connectivity index (χ1) is 9.08. The number of nitrogens with zero attached hydrogens (tertiary/aromatic N) is 2. The third kappa shape index (κ3) is 2.54. The van der Waals surface area contributed by atoms with Crippen molar-refractivity contribution >= 4 is 0 Å². The van der Waals surface area contributed by atoms with Crippen LogP contribution in [0.25, 0.3) is 5.69 Å². The zero-order valence-electron chi connectivity index (χ0n) is 11.7. The lowest BCUT2D eigenvalue weighted by atomic mass is 10.1. The standard InChI is InChI=1S/C15H20FN3/c1-4-11-9-12(5-2)19(18-11)15-13(10(3)17)7-6-8-14(15)16/h6-10H,4-5,17H2,1-3H3. The van der Waals surface area contributed by atoms with Crippen molar-refractivity contribution in [2.75, 3.05) is 0 Å². The van der Waals surface area contributed by atoms with Crippen LogP contribution in [-0.4, -0.2) is 9.78 Å². The van der Waals surface area contributed by atoms with Crippen molar-refractivity contribution in [1.29, 1.82) is 0 Å². The van der Waals surface area contributed by atoms with Crippen LogP contribution in [0.3, 0.4) is 0 Å². The summed E-state index contributed by atoms with van der Waals surface area (Å²) in [5.74, 6) is -0.282. The minimum Gasteiger partial charge on any atom is -0.324 e. The molecule has 1 aromatic heterocycles. The average molecular weight is 261 g/mol. The molecule has 2 rings (SSSR count). The Morgan fingerprint density at radius 2 is 2.05 bits per heavy atom. The molecule has 4 heteroatoms. The van der Waals surface area contributed by atoms with E-state index in [1.807, 2.05) is 32.9 Å². The number of aryl methyl sites for hydroxylation is 2. The van der Waals surface area contributed by atoms with Gasteiger partial charge in [0, 0.05) is 11.7 Å². The zero-order valence-corrected chi connectivity index (χ0v) is 11.7. The Balaban J connectivity index is 2.67. The van der Waals surface area contributed by atoms with Crippen LogP contribution < -0.4 is 5.73 Å². The number of hydrogen-bond acceptors (Lipinski definition) is 2. The van der Waals surface area contributed by atoms with Crippen LogP contribution in [0.4, 0.5) is 4.39 Å². The summed E-state index contributed by atoms with van der Waals surface area (Å²) in [6, 6.07) is 6.79. The van der Waals surface area contributed by atoms with Crippen molar-refractivity contribution in [1.82, 2.24) is 9.78 Å². The molecule has 2 aromatic rings. The van der Waals surface area contributed by atoms with Gasteiger partial charge >= 0.3 is 0 Å². The highest BCUT2D eigenvalue weighted by molar-refractivity contribution is 5.45. The fourth-order valence-corrected chi connectivity index (χ4v) is 2.22. The van der Waals surface area contributed by atoms with Crippen LogP contribution in [0, 0.1) is 5.82 Å². The van der Waals surface area contributed by atoms with Crippen LogP contribution in [0.15, 0.2) is 24.3 Å². The van der Waals surface area contributed by atoms with Crippen LogP contribution in [0.1, 0.15) is 43.8 Å². The topological polar surface area (TPSA) is 43.8 Å². The summed E-state index contributed by atoms with van der Waals surface area (Å²) in [5, 5.41) is 4.49. The van der Waals surface area contributed by atoms with E-state index in [-0.39, 0.29) is 11.9 Å². The molecule has 0 radical (unpaired) electrons. The van der Waals surface area contributed by atoms with Crippen molar-refractivity contribution in [3.8, 4) is 5.69 Å². The minimum absolute atomic E-state index is 0.232. The van der Waals surface area contributed by atoms with Gasteiger partial charge in [-0.2, -0.15) is 5.10 Å². The van der Waals surface area contributed by atoms with Crippen LogP contribution >= 0.6 is 0 Å². The van der Waals surface area contributed by atoms with Crippen molar-refractivity contribution < 1.29 is 4.39 Å². The molecule has 1 unspecified atom stereocenters. The van der Waals surface area contributed by atoms with E-state index in [9.17, 15) is 4.39 Å². The summed E-state index contributed by atoms with van der Waals surface area (Å²) in [6.07, 6.45) is 1.64. The molecule has 0 aliphatic rings. The number of aromatic nitrogens is 2. The zero-order chi connectivity index (χ0) is 14.0. The molecule has 102 valence electrons. The quantitative estimate of drug-likeness (QED) is 0.918. The first-order valence-electron chi connectivity index (χ1n) is 6.70. The molecular weight excluding hydrogens is 241 g/mol. The predicted molar refractivity (Wildman–Crippen MR) is 74.9 cm³/mol. The number of para-hydroxylation sites is 1. The molecule has 0 amide bonds. The Morgan fingerprint density at radius 1 is 1.32 bits per heavy atom. The fraction of sp³-hybridized carbons (Fsp3) is 0.400. The largest absolute Gasteiger partial charge is 0.324 e. The van der Waals surface area contributed by atoms with E-state index in [0.29, 0.717) is 5.69 Å². The Morgan fingerprint density at radius 3 is 2.63 bits per heavy atom. The van der Waals surface area contributed by atoms with Gasteiger partial charge < -0.3 is 5.73 Å². The predicted octanol–water partition coefficient (Wildman–Crippen LogP) is 3.16. The molecule has 1 heterocycles. The third-order valence-corrected chi connectivity index (χ3v) is 3.28. The monoisotopic (exact) mass is 261 g/mol. The van der Waals surface area contributed by atoms with E-state index in [0.717, 1.165) is 29.8 Å². The van der Waals surface area contributed by atoms with E-state index in [2.05, 4.69) is 5.10 Å². The SMILES string of the molecule is CCc1cc(CC)n(-c2c(F)cccc2C(C)N)n1. The normalized spacial score (nSPS) is 12.7. The van der Waals surface area contributed by atoms with Crippen LogP contribution in [-0.2, 0) is 12.8 Å². The molecule has 0 aliphatic carbocycles. The maximum atomic E-state index is 14.2. The number of hydrogen-bond donors (Lipinski definition) is 1. The summed E-state index contributed by atoms with van der Waals surface area (Å²) >= 11 is 0. The second kappa shape index (κ2) is 5.53. The van der Waals surface area contributed by atoms with Crippen molar-refractivity contribution in [3.63, 3.8) is 0 Å². The molecule has 0 saturated carbocycles. The van der Waals surface area contributed by atoms with Gasteiger partial charge in [0.1, 0.15) is 11.5 Å². The Bertz CT molecular complexity index is 573. The van der Waals surface area contributed by atoms with Gasteiger partial charge in [0.2, 0.25) is 0 Å². The molecule has 1 aromatic carbocycles. The number of nitrogens with two attached hydrogens (primary N) is 1. The molecule has 0 spiro atoms. The van der Waals surface area contributed by atoms with Crippen LogP contribution in [0.5, 0.6) is 0 Å². The molecule has 0 aliphatic heterocycles. The van der Waals surface area contributed by atoms with Gasteiger partial charge in [-0.1, -0.05) is 26.0 Å². The van der Waals surface area contributed by atoms with Gasteiger partial charge in [-0.3, -0.25) is 0 Å². The first-order valence-corrected chi connectivity index (χ1v) is 6.70. The van der Waals surface area contributed by atoms with E-state index in [1.54, 1.807) is 10.7 Å².